The highest BCUT2D eigenvalue weighted by Gasteiger charge is 2.01. The second-order valence-electron chi connectivity index (χ2n) is 2.49. The highest BCUT2D eigenvalue weighted by Crippen LogP contribution is 2.21. The minimum absolute atomic E-state index is 0.994. The van der Waals surface area contributed by atoms with Crippen molar-refractivity contribution in [2.45, 2.75) is 6.92 Å². The van der Waals surface area contributed by atoms with Gasteiger partial charge >= 0.3 is 0 Å². The molecule has 0 unspecified atom stereocenters. The molecule has 0 aliphatic heterocycles. The van der Waals surface area contributed by atoms with E-state index < -0.39 is 0 Å². The lowest BCUT2D eigenvalue weighted by Crippen LogP contribution is -1.74. The van der Waals surface area contributed by atoms with Gasteiger partial charge in [0.15, 0.2) is 0 Å². The van der Waals surface area contributed by atoms with E-state index in [1.165, 1.54) is 0 Å². The van der Waals surface area contributed by atoms with Crippen LogP contribution in [0, 0.1) is 6.92 Å². The first-order valence-corrected chi connectivity index (χ1v) is 4.53. The third kappa shape index (κ3) is 1.36. The molecule has 0 fully saturated rings. The van der Waals surface area contributed by atoms with Crippen LogP contribution in [0.4, 0.5) is 0 Å². The zero-order valence-electron chi connectivity index (χ0n) is 6.69. The summed E-state index contributed by atoms with van der Waals surface area (Å²) in [7, 11) is 0. The Balaban J connectivity index is 2.45. The van der Waals surface area contributed by atoms with Gasteiger partial charge in [0, 0.05) is 5.56 Å². The van der Waals surface area contributed by atoms with Crippen LogP contribution in [-0.4, -0.2) is 10.2 Å². The number of aromatic nitrogens is 2. The first-order valence-electron chi connectivity index (χ1n) is 3.72. The van der Waals surface area contributed by atoms with E-state index in [1.54, 1.807) is 11.3 Å². The molecule has 1 aromatic heterocycles. The predicted octanol–water partition coefficient (Wildman–Crippen LogP) is 2.51. The van der Waals surface area contributed by atoms with Crippen LogP contribution < -0.4 is 0 Å². The first kappa shape index (κ1) is 7.43. The Labute approximate surface area is 74.9 Å². The monoisotopic (exact) mass is 176 g/mol. The van der Waals surface area contributed by atoms with E-state index in [9.17, 15) is 0 Å². The molecule has 0 atom stereocenters. The molecule has 0 amide bonds. The Morgan fingerprint density at radius 1 is 1.08 bits per heavy atom. The summed E-state index contributed by atoms with van der Waals surface area (Å²) in [6.07, 6.45) is 0. The lowest BCUT2D eigenvalue weighted by atomic mass is 10.2. The van der Waals surface area contributed by atoms with E-state index in [4.69, 9.17) is 0 Å². The molecule has 2 rings (SSSR count). The summed E-state index contributed by atoms with van der Waals surface area (Å²) in [5.41, 5.74) is 1.14. The fourth-order valence-corrected chi connectivity index (χ4v) is 1.69. The molecule has 0 saturated carbocycles. The smallest absolute Gasteiger partial charge is 0.143 e. The SMILES string of the molecule is Cc1nnc(-c2ccccc2)s1. The summed E-state index contributed by atoms with van der Waals surface area (Å²) >= 11 is 1.62. The third-order valence-corrected chi connectivity index (χ3v) is 2.43. The number of hydrogen-bond acceptors (Lipinski definition) is 3. The van der Waals surface area contributed by atoms with Crippen molar-refractivity contribution < 1.29 is 0 Å². The molecule has 0 aliphatic carbocycles. The predicted molar refractivity (Wildman–Crippen MR) is 50.1 cm³/mol. The lowest BCUT2D eigenvalue weighted by Gasteiger charge is -1.90. The zero-order valence-corrected chi connectivity index (χ0v) is 7.51. The van der Waals surface area contributed by atoms with Gasteiger partial charge < -0.3 is 0 Å². The maximum Gasteiger partial charge on any atom is 0.147 e. The fraction of sp³-hybridized carbons (Fsp3) is 0.111. The summed E-state index contributed by atoms with van der Waals surface area (Å²) in [6, 6.07) is 10.1. The molecule has 2 nitrogen and oxygen atoms in total. The molecule has 0 aliphatic rings. The average Bonchev–Trinajstić information content (AvgIpc) is 2.54. The number of benzene rings is 1. The van der Waals surface area contributed by atoms with E-state index in [-0.39, 0.29) is 0 Å². The van der Waals surface area contributed by atoms with Gasteiger partial charge in [0.2, 0.25) is 0 Å². The van der Waals surface area contributed by atoms with Crippen molar-refractivity contribution in [2.75, 3.05) is 0 Å². The number of aryl methyl sites for hydroxylation is 1. The van der Waals surface area contributed by atoms with Gasteiger partial charge in [-0.2, -0.15) is 0 Å². The van der Waals surface area contributed by atoms with E-state index in [1.807, 2.05) is 37.3 Å². The topological polar surface area (TPSA) is 25.8 Å². The highest BCUT2D eigenvalue weighted by molar-refractivity contribution is 7.14. The van der Waals surface area contributed by atoms with Gasteiger partial charge in [-0.25, -0.2) is 0 Å². The van der Waals surface area contributed by atoms with E-state index in [2.05, 4.69) is 10.2 Å². The molecule has 0 radical (unpaired) electrons. The minimum atomic E-state index is 0.994. The standard InChI is InChI=1S/C9H8N2S/c1-7-10-11-9(12-7)8-5-3-2-4-6-8/h2-6H,1H3. The quantitative estimate of drug-likeness (QED) is 0.667. The van der Waals surface area contributed by atoms with Crippen LogP contribution in [0.2, 0.25) is 0 Å². The fourth-order valence-electron chi connectivity index (χ4n) is 0.994. The number of hydrogen-bond donors (Lipinski definition) is 0. The molecule has 0 spiro atoms. The van der Waals surface area contributed by atoms with Gasteiger partial charge in [-0.1, -0.05) is 41.7 Å². The largest absolute Gasteiger partial charge is 0.147 e. The van der Waals surface area contributed by atoms with Gasteiger partial charge in [0.1, 0.15) is 10.0 Å². The second-order valence-corrected chi connectivity index (χ2v) is 3.67. The molecular formula is C9H8N2S. The van der Waals surface area contributed by atoms with Gasteiger partial charge in [-0.05, 0) is 6.92 Å². The van der Waals surface area contributed by atoms with E-state index in [0.717, 1.165) is 15.6 Å². The number of rotatable bonds is 1. The first-order chi connectivity index (χ1) is 5.86. The number of nitrogens with zero attached hydrogens (tertiary/aromatic N) is 2. The molecule has 1 heterocycles. The molecule has 2 aromatic rings. The van der Waals surface area contributed by atoms with Gasteiger partial charge in [-0.15, -0.1) is 10.2 Å². The maximum absolute atomic E-state index is 4.05. The molecule has 1 aromatic carbocycles. The molecule has 0 bridgehead atoms. The van der Waals surface area contributed by atoms with Crippen molar-refractivity contribution in [3.8, 4) is 10.6 Å². The van der Waals surface area contributed by atoms with Gasteiger partial charge in [0.25, 0.3) is 0 Å². The van der Waals surface area contributed by atoms with Crippen molar-refractivity contribution in [2.24, 2.45) is 0 Å². The normalized spacial score (nSPS) is 10.1. The Hall–Kier alpha value is -1.22. The Bertz CT molecular complexity index is 367. The average molecular weight is 176 g/mol. The van der Waals surface area contributed by atoms with Crippen molar-refractivity contribution >= 4 is 11.3 Å². The maximum atomic E-state index is 4.05. The van der Waals surface area contributed by atoms with Crippen molar-refractivity contribution in [3.63, 3.8) is 0 Å². The van der Waals surface area contributed by atoms with Gasteiger partial charge in [0.05, 0.1) is 0 Å². The van der Waals surface area contributed by atoms with E-state index in [0.29, 0.717) is 0 Å². The lowest BCUT2D eigenvalue weighted by molar-refractivity contribution is 1.05. The summed E-state index contributed by atoms with van der Waals surface area (Å²) in [6.45, 7) is 1.96. The highest BCUT2D eigenvalue weighted by atomic mass is 32.1. The third-order valence-electron chi connectivity index (χ3n) is 1.55. The van der Waals surface area contributed by atoms with Crippen LogP contribution in [0.15, 0.2) is 30.3 Å². The van der Waals surface area contributed by atoms with Crippen molar-refractivity contribution in [1.82, 2.24) is 10.2 Å². The van der Waals surface area contributed by atoms with Crippen LogP contribution >= 0.6 is 11.3 Å². The Morgan fingerprint density at radius 2 is 1.83 bits per heavy atom. The van der Waals surface area contributed by atoms with Crippen LogP contribution in [0.3, 0.4) is 0 Å². The Morgan fingerprint density at radius 3 is 2.42 bits per heavy atom. The molecular weight excluding hydrogens is 168 g/mol. The molecule has 0 N–H and O–H groups in total. The Kier molecular flexibility index (Phi) is 1.87. The van der Waals surface area contributed by atoms with E-state index >= 15 is 0 Å². The summed E-state index contributed by atoms with van der Waals surface area (Å²) < 4.78 is 0. The molecule has 12 heavy (non-hydrogen) atoms. The minimum Gasteiger partial charge on any atom is -0.143 e. The zero-order chi connectivity index (χ0) is 8.39. The summed E-state index contributed by atoms with van der Waals surface area (Å²) in [5, 5.41) is 10.0. The molecule has 60 valence electrons. The van der Waals surface area contributed by atoms with Crippen molar-refractivity contribution in [3.05, 3.63) is 35.3 Å². The summed E-state index contributed by atoms with van der Waals surface area (Å²) in [5.74, 6) is 0. The molecule has 3 heteroatoms. The van der Waals surface area contributed by atoms with Crippen LogP contribution in [0.25, 0.3) is 10.6 Å². The van der Waals surface area contributed by atoms with Crippen LogP contribution in [-0.2, 0) is 0 Å². The van der Waals surface area contributed by atoms with Gasteiger partial charge in [-0.3, -0.25) is 0 Å². The summed E-state index contributed by atoms with van der Waals surface area (Å²) in [4.78, 5) is 0. The van der Waals surface area contributed by atoms with Crippen LogP contribution in [0.5, 0.6) is 0 Å². The van der Waals surface area contributed by atoms with Crippen molar-refractivity contribution in [1.29, 1.82) is 0 Å². The molecule has 0 saturated heterocycles. The second kappa shape index (κ2) is 3.03. The van der Waals surface area contributed by atoms with Crippen LogP contribution in [0.1, 0.15) is 5.01 Å².